The number of imidazole rings is 1. The molecule has 1 atom stereocenters. The molecule has 0 unspecified atom stereocenters. The second-order valence-electron chi connectivity index (χ2n) is 4.24. The zero-order valence-corrected chi connectivity index (χ0v) is 11.4. The van der Waals surface area contributed by atoms with E-state index in [0.29, 0.717) is 5.69 Å². The van der Waals surface area contributed by atoms with E-state index < -0.39 is 23.7 Å². The lowest BCUT2D eigenvalue weighted by Crippen LogP contribution is -2.42. The molecule has 0 spiro atoms. The van der Waals surface area contributed by atoms with Crippen LogP contribution < -0.4 is 5.32 Å². The maximum atomic E-state index is 13.6. The molecular weight excluding hydrogens is 301 g/mol. The average Bonchev–Trinajstić information content (AvgIpc) is 2.90. The summed E-state index contributed by atoms with van der Waals surface area (Å²) in [5.74, 6) is -2.94. The molecule has 0 saturated carbocycles. The molecule has 1 heterocycles. The molecule has 8 heteroatoms. The highest BCUT2D eigenvalue weighted by Crippen LogP contribution is 2.19. The summed E-state index contributed by atoms with van der Waals surface area (Å²) in [5, 5.41) is 11.3. The fourth-order valence-corrected chi connectivity index (χ4v) is 2.01. The van der Waals surface area contributed by atoms with Crippen molar-refractivity contribution in [2.45, 2.75) is 12.5 Å². The quantitative estimate of drug-likeness (QED) is 0.782. The number of hydrogen-bond acceptors (Lipinski definition) is 3. The molecule has 1 aromatic carbocycles. The molecule has 110 valence electrons. The van der Waals surface area contributed by atoms with Crippen LogP contribution >= 0.6 is 11.6 Å². The van der Waals surface area contributed by atoms with E-state index in [2.05, 4.69) is 15.3 Å². The number of nitrogens with zero attached hydrogens (tertiary/aromatic N) is 1. The number of aromatic nitrogens is 2. The number of aromatic amines is 1. The van der Waals surface area contributed by atoms with Gasteiger partial charge in [0, 0.05) is 18.3 Å². The first-order valence-electron chi connectivity index (χ1n) is 5.94. The number of halogens is 2. The van der Waals surface area contributed by atoms with E-state index in [1.807, 2.05) is 0 Å². The minimum atomic E-state index is -1.24. The summed E-state index contributed by atoms with van der Waals surface area (Å²) in [4.78, 5) is 29.7. The number of aliphatic carboxylic acids is 1. The van der Waals surface area contributed by atoms with Gasteiger partial charge < -0.3 is 15.4 Å². The molecule has 6 nitrogen and oxygen atoms in total. The molecule has 0 fully saturated rings. The van der Waals surface area contributed by atoms with Crippen LogP contribution in [0.5, 0.6) is 0 Å². The number of carbonyl (C=O) groups is 2. The predicted molar refractivity (Wildman–Crippen MR) is 72.6 cm³/mol. The normalized spacial score (nSPS) is 11.9. The van der Waals surface area contributed by atoms with E-state index in [1.54, 1.807) is 0 Å². The molecule has 0 bridgehead atoms. The van der Waals surface area contributed by atoms with E-state index in [9.17, 15) is 14.0 Å². The number of carboxylic acid groups (broad SMARTS) is 1. The number of amides is 1. The van der Waals surface area contributed by atoms with Crippen LogP contribution in [-0.2, 0) is 11.2 Å². The van der Waals surface area contributed by atoms with Crippen molar-refractivity contribution in [1.82, 2.24) is 15.3 Å². The maximum Gasteiger partial charge on any atom is 0.326 e. The van der Waals surface area contributed by atoms with Gasteiger partial charge in [-0.15, -0.1) is 0 Å². The van der Waals surface area contributed by atoms with Crippen molar-refractivity contribution in [2.24, 2.45) is 0 Å². The van der Waals surface area contributed by atoms with Crippen LogP contribution in [0, 0.1) is 5.82 Å². The van der Waals surface area contributed by atoms with Gasteiger partial charge in [-0.3, -0.25) is 4.79 Å². The van der Waals surface area contributed by atoms with Crippen LogP contribution in [0.25, 0.3) is 0 Å². The van der Waals surface area contributed by atoms with Crippen molar-refractivity contribution in [3.63, 3.8) is 0 Å². The number of rotatable bonds is 5. The van der Waals surface area contributed by atoms with Gasteiger partial charge >= 0.3 is 5.97 Å². The van der Waals surface area contributed by atoms with Gasteiger partial charge in [0.05, 0.1) is 16.9 Å². The number of carbonyl (C=O) groups excluding carboxylic acids is 1. The number of H-pyrrole nitrogens is 1. The van der Waals surface area contributed by atoms with Crippen molar-refractivity contribution < 1.29 is 19.1 Å². The Labute approximate surface area is 124 Å². The average molecular weight is 312 g/mol. The Morgan fingerprint density at radius 3 is 2.81 bits per heavy atom. The molecular formula is C13H11ClFN3O3. The van der Waals surface area contributed by atoms with E-state index in [4.69, 9.17) is 16.7 Å². The summed E-state index contributed by atoms with van der Waals surface area (Å²) in [5.41, 5.74) is 0.150. The standard InChI is InChI=1S/C13H11ClFN3O3/c14-8-2-1-3-9(15)11(8)12(19)18-10(13(20)21)4-7-5-16-6-17-7/h1-3,5-6,10H,4H2,(H,16,17)(H,18,19)(H,20,21)/t10-/m0/s1. The van der Waals surface area contributed by atoms with Gasteiger partial charge in [0.2, 0.25) is 0 Å². The smallest absolute Gasteiger partial charge is 0.326 e. The molecule has 0 aliphatic rings. The molecule has 21 heavy (non-hydrogen) atoms. The zero-order chi connectivity index (χ0) is 15.4. The van der Waals surface area contributed by atoms with Gasteiger partial charge in [-0.25, -0.2) is 14.2 Å². The zero-order valence-electron chi connectivity index (χ0n) is 10.6. The minimum absolute atomic E-state index is 0.00680. The molecule has 2 rings (SSSR count). The Bertz CT molecular complexity index is 640. The maximum absolute atomic E-state index is 13.6. The Morgan fingerprint density at radius 2 is 2.24 bits per heavy atom. The van der Waals surface area contributed by atoms with Crippen molar-refractivity contribution in [1.29, 1.82) is 0 Å². The molecule has 0 aliphatic carbocycles. The number of benzene rings is 1. The molecule has 1 amide bonds. The molecule has 0 aliphatic heterocycles. The Morgan fingerprint density at radius 1 is 1.48 bits per heavy atom. The summed E-state index contributed by atoms with van der Waals surface area (Å²) < 4.78 is 13.6. The van der Waals surface area contributed by atoms with Gasteiger partial charge in [0.15, 0.2) is 0 Å². The summed E-state index contributed by atoms with van der Waals surface area (Å²) in [6, 6.07) is 2.55. The van der Waals surface area contributed by atoms with E-state index in [-0.39, 0.29) is 17.0 Å². The van der Waals surface area contributed by atoms with Crippen molar-refractivity contribution >= 4 is 23.5 Å². The SMILES string of the molecule is O=C(N[C@@H](Cc1cnc[nH]1)C(=O)O)c1c(F)cccc1Cl. The second-order valence-corrected chi connectivity index (χ2v) is 4.65. The number of hydrogen-bond donors (Lipinski definition) is 3. The third-order valence-electron chi connectivity index (χ3n) is 2.77. The Hall–Kier alpha value is -2.41. The van der Waals surface area contributed by atoms with Gasteiger partial charge in [-0.1, -0.05) is 17.7 Å². The number of carboxylic acids is 1. The van der Waals surface area contributed by atoms with Gasteiger partial charge in [0.25, 0.3) is 5.91 Å². The van der Waals surface area contributed by atoms with Crippen LogP contribution in [0.1, 0.15) is 16.1 Å². The molecule has 1 aromatic heterocycles. The first-order valence-corrected chi connectivity index (χ1v) is 6.31. The highest BCUT2D eigenvalue weighted by atomic mass is 35.5. The van der Waals surface area contributed by atoms with Crippen LogP contribution in [0.2, 0.25) is 5.02 Å². The largest absolute Gasteiger partial charge is 0.480 e. The third kappa shape index (κ3) is 3.57. The lowest BCUT2D eigenvalue weighted by atomic mass is 10.1. The van der Waals surface area contributed by atoms with Gasteiger partial charge in [-0.2, -0.15) is 0 Å². The Kier molecular flexibility index (Phi) is 4.54. The summed E-state index contributed by atoms with van der Waals surface area (Å²) in [7, 11) is 0. The second kappa shape index (κ2) is 6.36. The van der Waals surface area contributed by atoms with Crippen LogP contribution in [-0.4, -0.2) is 33.0 Å². The molecule has 0 radical (unpaired) electrons. The topological polar surface area (TPSA) is 95.1 Å². The summed E-state index contributed by atoms with van der Waals surface area (Å²) in [6.45, 7) is 0. The first-order chi connectivity index (χ1) is 9.99. The van der Waals surface area contributed by atoms with Crippen molar-refractivity contribution in [3.05, 3.63) is 52.8 Å². The van der Waals surface area contributed by atoms with E-state index >= 15 is 0 Å². The monoisotopic (exact) mass is 311 g/mol. The number of nitrogens with one attached hydrogen (secondary N) is 2. The van der Waals surface area contributed by atoms with Crippen molar-refractivity contribution in [3.8, 4) is 0 Å². The fourth-order valence-electron chi connectivity index (χ4n) is 1.76. The fraction of sp³-hybridized carbons (Fsp3) is 0.154. The van der Waals surface area contributed by atoms with Crippen LogP contribution in [0.15, 0.2) is 30.7 Å². The van der Waals surface area contributed by atoms with Crippen LogP contribution in [0.3, 0.4) is 0 Å². The Balaban J connectivity index is 2.17. The predicted octanol–water partition coefficient (Wildman–Crippen LogP) is 1.63. The van der Waals surface area contributed by atoms with E-state index in [0.717, 1.165) is 6.07 Å². The van der Waals surface area contributed by atoms with Gasteiger partial charge in [-0.05, 0) is 12.1 Å². The highest BCUT2D eigenvalue weighted by molar-refractivity contribution is 6.33. The lowest BCUT2D eigenvalue weighted by Gasteiger charge is -2.14. The van der Waals surface area contributed by atoms with E-state index in [1.165, 1.54) is 24.7 Å². The van der Waals surface area contributed by atoms with Gasteiger partial charge in [0.1, 0.15) is 11.9 Å². The molecule has 2 aromatic rings. The molecule has 3 N–H and O–H groups in total. The highest BCUT2D eigenvalue weighted by Gasteiger charge is 2.24. The molecule has 0 saturated heterocycles. The minimum Gasteiger partial charge on any atom is -0.480 e. The summed E-state index contributed by atoms with van der Waals surface area (Å²) in [6.07, 6.45) is 2.83. The first kappa shape index (κ1) is 15.0. The summed E-state index contributed by atoms with van der Waals surface area (Å²) >= 11 is 5.77. The lowest BCUT2D eigenvalue weighted by molar-refractivity contribution is -0.139. The van der Waals surface area contributed by atoms with Crippen molar-refractivity contribution in [2.75, 3.05) is 0 Å². The van der Waals surface area contributed by atoms with Crippen LogP contribution in [0.4, 0.5) is 4.39 Å². The third-order valence-corrected chi connectivity index (χ3v) is 3.09.